The minimum atomic E-state index is -0.612. The first-order valence-electron chi connectivity index (χ1n) is 12.6. The van der Waals surface area contributed by atoms with Crippen LogP contribution >= 0.6 is 23.4 Å². The van der Waals surface area contributed by atoms with E-state index in [1.54, 1.807) is 24.3 Å². The Morgan fingerprint density at radius 3 is 2.56 bits per heavy atom. The van der Waals surface area contributed by atoms with Crippen molar-refractivity contribution >= 4 is 58.1 Å². The maximum atomic E-state index is 13.0. The summed E-state index contributed by atoms with van der Waals surface area (Å²) in [7, 11) is 0. The molecule has 11 heteroatoms. The van der Waals surface area contributed by atoms with Gasteiger partial charge in [-0.2, -0.15) is 0 Å². The van der Waals surface area contributed by atoms with Gasteiger partial charge in [0, 0.05) is 5.69 Å². The van der Waals surface area contributed by atoms with E-state index in [-0.39, 0.29) is 33.9 Å². The molecule has 0 saturated carbocycles. The fourth-order valence-electron chi connectivity index (χ4n) is 3.44. The van der Waals surface area contributed by atoms with Crippen LogP contribution in [-0.2, 0) is 14.3 Å². The molecule has 1 atom stereocenters. The van der Waals surface area contributed by atoms with Crippen LogP contribution in [0.5, 0.6) is 11.5 Å². The number of nitrogens with one attached hydrogen (secondary N) is 1. The lowest BCUT2D eigenvalue weighted by Gasteiger charge is -2.16. The third kappa shape index (κ3) is 8.00. The van der Waals surface area contributed by atoms with E-state index < -0.39 is 29.6 Å². The standard InChI is InChI=1S/C28H31ClN2O7S/c1-5-12-37-27(34)20-15-19(9-10-21(20)29)30-25(32)16-31-26(33)24(39-28(31)35)14-18-8-11-22(38-17(4)6-2)23(13-18)36-7-3/h8-11,13-15,17H,5-7,12,16H2,1-4H3,(H,30,32)/b24-14+/t17-/m1/s1. The molecule has 1 aliphatic heterocycles. The van der Waals surface area contributed by atoms with Gasteiger partial charge in [-0.3, -0.25) is 19.3 Å². The second kappa shape index (κ2) is 14.0. The highest BCUT2D eigenvalue weighted by molar-refractivity contribution is 8.18. The van der Waals surface area contributed by atoms with E-state index in [9.17, 15) is 19.2 Å². The lowest BCUT2D eigenvalue weighted by molar-refractivity contribution is -0.127. The highest BCUT2D eigenvalue weighted by atomic mass is 35.5. The summed E-state index contributed by atoms with van der Waals surface area (Å²) in [4.78, 5) is 51.4. The molecule has 0 spiro atoms. The molecule has 0 aliphatic carbocycles. The minimum absolute atomic E-state index is 0.00652. The first kappa shape index (κ1) is 30.0. The minimum Gasteiger partial charge on any atom is -0.490 e. The van der Waals surface area contributed by atoms with Crippen molar-refractivity contribution in [3.8, 4) is 11.5 Å². The number of halogens is 1. The third-order valence-corrected chi connectivity index (χ3v) is 6.79. The Morgan fingerprint density at radius 1 is 1.10 bits per heavy atom. The van der Waals surface area contributed by atoms with Crippen LogP contribution in [0.2, 0.25) is 5.02 Å². The van der Waals surface area contributed by atoms with Gasteiger partial charge in [-0.25, -0.2) is 4.79 Å². The fourth-order valence-corrected chi connectivity index (χ4v) is 4.48. The molecule has 0 radical (unpaired) electrons. The normalized spacial score (nSPS) is 14.9. The molecule has 1 N–H and O–H groups in total. The van der Waals surface area contributed by atoms with E-state index >= 15 is 0 Å². The molecule has 1 fully saturated rings. The zero-order valence-electron chi connectivity index (χ0n) is 22.2. The average Bonchev–Trinajstić information content (AvgIpc) is 3.16. The van der Waals surface area contributed by atoms with Gasteiger partial charge in [-0.1, -0.05) is 31.5 Å². The number of benzene rings is 2. The lowest BCUT2D eigenvalue weighted by atomic mass is 10.1. The van der Waals surface area contributed by atoms with Crippen LogP contribution in [0.1, 0.15) is 56.5 Å². The summed E-state index contributed by atoms with van der Waals surface area (Å²) in [6.07, 6.45) is 3.06. The molecule has 0 bridgehead atoms. The van der Waals surface area contributed by atoms with Crippen molar-refractivity contribution in [2.75, 3.05) is 25.1 Å². The van der Waals surface area contributed by atoms with Gasteiger partial charge < -0.3 is 19.5 Å². The van der Waals surface area contributed by atoms with Gasteiger partial charge in [-0.15, -0.1) is 0 Å². The maximum absolute atomic E-state index is 13.0. The molecule has 0 unspecified atom stereocenters. The first-order chi connectivity index (χ1) is 18.7. The van der Waals surface area contributed by atoms with Crippen molar-refractivity contribution in [3.05, 3.63) is 57.5 Å². The SMILES string of the molecule is CCCOC(=O)c1cc(NC(=O)CN2C(=O)S/C(=C/c3ccc(O[C@H](C)CC)c(OCC)c3)C2=O)ccc1Cl. The number of imide groups is 1. The van der Waals surface area contributed by atoms with Crippen LogP contribution in [0.25, 0.3) is 6.08 Å². The quantitative estimate of drug-likeness (QED) is 0.237. The van der Waals surface area contributed by atoms with Gasteiger partial charge in [0.25, 0.3) is 11.1 Å². The molecule has 2 aromatic rings. The van der Waals surface area contributed by atoms with Gasteiger partial charge in [-0.05, 0) is 80.4 Å². The molecule has 208 valence electrons. The van der Waals surface area contributed by atoms with E-state index in [1.807, 2.05) is 27.7 Å². The first-order valence-corrected chi connectivity index (χ1v) is 13.8. The monoisotopic (exact) mass is 574 g/mol. The molecule has 3 rings (SSSR count). The number of hydrogen-bond acceptors (Lipinski definition) is 8. The number of thioether (sulfide) groups is 1. The van der Waals surface area contributed by atoms with E-state index in [2.05, 4.69) is 5.32 Å². The van der Waals surface area contributed by atoms with Crippen LogP contribution in [0, 0.1) is 0 Å². The Bertz CT molecular complexity index is 1280. The lowest BCUT2D eigenvalue weighted by Crippen LogP contribution is -2.36. The Morgan fingerprint density at radius 2 is 1.87 bits per heavy atom. The summed E-state index contributed by atoms with van der Waals surface area (Å²) in [6.45, 7) is 7.88. The predicted octanol–water partition coefficient (Wildman–Crippen LogP) is 6.16. The summed E-state index contributed by atoms with van der Waals surface area (Å²) < 4.78 is 16.7. The molecule has 9 nitrogen and oxygen atoms in total. The molecule has 1 aliphatic rings. The summed E-state index contributed by atoms with van der Waals surface area (Å²) in [5, 5.41) is 2.20. The summed E-state index contributed by atoms with van der Waals surface area (Å²) in [6, 6.07) is 9.62. The van der Waals surface area contributed by atoms with Crippen molar-refractivity contribution in [1.29, 1.82) is 0 Å². The number of esters is 1. The van der Waals surface area contributed by atoms with Crippen molar-refractivity contribution in [2.24, 2.45) is 0 Å². The highest BCUT2D eigenvalue weighted by Gasteiger charge is 2.36. The van der Waals surface area contributed by atoms with Crippen LogP contribution in [-0.4, -0.2) is 53.8 Å². The predicted molar refractivity (Wildman–Crippen MR) is 151 cm³/mol. The molecule has 3 amide bonds. The maximum Gasteiger partial charge on any atom is 0.339 e. The van der Waals surface area contributed by atoms with Gasteiger partial charge >= 0.3 is 5.97 Å². The Kier molecular flexibility index (Phi) is 10.8. The van der Waals surface area contributed by atoms with Gasteiger partial charge in [0.15, 0.2) is 11.5 Å². The van der Waals surface area contributed by atoms with Gasteiger partial charge in [0.1, 0.15) is 6.54 Å². The topological polar surface area (TPSA) is 111 Å². The number of anilines is 1. The van der Waals surface area contributed by atoms with Crippen LogP contribution in [0.4, 0.5) is 10.5 Å². The van der Waals surface area contributed by atoms with Crippen LogP contribution in [0.15, 0.2) is 41.3 Å². The summed E-state index contributed by atoms with van der Waals surface area (Å²) >= 11 is 6.84. The Balaban J connectivity index is 1.70. The van der Waals surface area contributed by atoms with Crippen LogP contribution < -0.4 is 14.8 Å². The van der Waals surface area contributed by atoms with Gasteiger partial charge in [0.05, 0.1) is 34.8 Å². The summed E-state index contributed by atoms with van der Waals surface area (Å²) in [5.74, 6) is -0.680. The number of rotatable bonds is 12. The number of carbonyl (C=O) groups is 4. The average molecular weight is 575 g/mol. The number of carbonyl (C=O) groups excluding carboxylic acids is 4. The highest BCUT2D eigenvalue weighted by Crippen LogP contribution is 2.35. The van der Waals surface area contributed by atoms with E-state index in [0.717, 1.165) is 23.1 Å². The van der Waals surface area contributed by atoms with Crippen molar-refractivity contribution in [2.45, 2.75) is 46.6 Å². The fraction of sp³-hybridized carbons (Fsp3) is 0.357. The third-order valence-electron chi connectivity index (χ3n) is 5.55. The van der Waals surface area contributed by atoms with Crippen LogP contribution in [0.3, 0.4) is 0 Å². The zero-order valence-corrected chi connectivity index (χ0v) is 23.8. The molecule has 1 saturated heterocycles. The van der Waals surface area contributed by atoms with Gasteiger partial charge in [0.2, 0.25) is 5.91 Å². The number of hydrogen-bond donors (Lipinski definition) is 1. The zero-order chi connectivity index (χ0) is 28.5. The number of amides is 3. The molecular weight excluding hydrogens is 544 g/mol. The second-order valence-corrected chi connectivity index (χ2v) is 10.0. The van der Waals surface area contributed by atoms with Crippen molar-refractivity contribution < 1.29 is 33.4 Å². The molecule has 39 heavy (non-hydrogen) atoms. The Labute approximate surface area is 236 Å². The Hall–Kier alpha value is -3.50. The van der Waals surface area contributed by atoms with Crippen molar-refractivity contribution in [3.63, 3.8) is 0 Å². The number of ether oxygens (including phenoxy) is 3. The summed E-state index contributed by atoms with van der Waals surface area (Å²) in [5.41, 5.74) is 1.02. The molecule has 1 heterocycles. The van der Waals surface area contributed by atoms with E-state index in [4.69, 9.17) is 25.8 Å². The molecule has 2 aromatic carbocycles. The molecular formula is C28H31ClN2O7S. The van der Waals surface area contributed by atoms with E-state index in [0.29, 0.717) is 30.1 Å². The second-order valence-electron chi connectivity index (χ2n) is 8.62. The number of nitrogens with zero attached hydrogens (tertiary/aromatic N) is 1. The van der Waals surface area contributed by atoms with E-state index in [1.165, 1.54) is 18.2 Å². The molecule has 0 aromatic heterocycles. The van der Waals surface area contributed by atoms with Crippen molar-refractivity contribution in [1.82, 2.24) is 4.90 Å². The smallest absolute Gasteiger partial charge is 0.339 e. The largest absolute Gasteiger partial charge is 0.490 e.